The van der Waals surface area contributed by atoms with Gasteiger partial charge in [0.1, 0.15) is 0 Å². The highest BCUT2D eigenvalue weighted by molar-refractivity contribution is 7.89. The molecule has 134 valence electrons. The molecule has 2 aromatic rings. The van der Waals surface area contributed by atoms with E-state index < -0.39 is 10.0 Å². The number of aromatic nitrogens is 1. The molecule has 0 unspecified atom stereocenters. The van der Waals surface area contributed by atoms with Gasteiger partial charge >= 0.3 is 0 Å². The summed E-state index contributed by atoms with van der Waals surface area (Å²) < 4.78 is 25.5. The summed E-state index contributed by atoms with van der Waals surface area (Å²) in [6, 6.07) is 6.04. The maximum Gasteiger partial charge on any atom is 0.257 e. The average Bonchev–Trinajstić information content (AvgIpc) is 2.96. The molecule has 0 saturated heterocycles. The van der Waals surface area contributed by atoms with E-state index in [1.807, 2.05) is 0 Å². The fraction of sp³-hybridized carbons (Fsp3) is 0.412. The number of aryl methyl sites for hydroxylation is 1. The van der Waals surface area contributed by atoms with Crippen molar-refractivity contribution in [3.8, 4) is 0 Å². The summed E-state index contributed by atoms with van der Waals surface area (Å²) in [5, 5.41) is 3.37. The van der Waals surface area contributed by atoms with Gasteiger partial charge in [-0.2, -0.15) is 0 Å². The number of nitrogens with one attached hydrogen (secondary N) is 1. The van der Waals surface area contributed by atoms with Gasteiger partial charge in [0.25, 0.3) is 5.91 Å². The Morgan fingerprint density at radius 3 is 2.84 bits per heavy atom. The van der Waals surface area contributed by atoms with Crippen LogP contribution in [0.3, 0.4) is 0 Å². The van der Waals surface area contributed by atoms with E-state index in [-0.39, 0.29) is 10.8 Å². The quantitative estimate of drug-likeness (QED) is 0.886. The van der Waals surface area contributed by atoms with E-state index in [2.05, 4.69) is 17.2 Å². The Bertz CT molecular complexity index is 904. The topological polar surface area (TPSA) is 79.4 Å². The first-order valence-corrected chi connectivity index (χ1v) is 10.4. The minimum Gasteiger partial charge on any atom is -0.298 e. The highest BCUT2D eigenvalue weighted by atomic mass is 32.2. The van der Waals surface area contributed by atoms with Gasteiger partial charge in [-0.25, -0.2) is 17.7 Å². The molecule has 0 aliphatic heterocycles. The largest absolute Gasteiger partial charge is 0.298 e. The monoisotopic (exact) mass is 379 g/mol. The zero-order valence-electron chi connectivity index (χ0n) is 14.4. The second-order valence-electron chi connectivity index (χ2n) is 6.51. The van der Waals surface area contributed by atoms with Gasteiger partial charge in [-0.05, 0) is 43.4 Å². The van der Waals surface area contributed by atoms with Crippen molar-refractivity contribution >= 4 is 32.4 Å². The fourth-order valence-corrected chi connectivity index (χ4v) is 4.89. The smallest absolute Gasteiger partial charge is 0.257 e. The van der Waals surface area contributed by atoms with Crippen LogP contribution in [0.1, 0.15) is 34.3 Å². The number of fused-ring (bicyclic) bond motifs is 1. The van der Waals surface area contributed by atoms with Crippen LogP contribution in [0.4, 0.5) is 5.13 Å². The number of benzene rings is 1. The number of sulfonamides is 1. The Morgan fingerprint density at radius 2 is 2.12 bits per heavy atom. The van der Waals surface area contributed by atoms with Crippen molar-refractivity contribution < 1.29 is 13.2 Å². The highest BCUT2D eigenvalue weighted by Crippen LogP contribution is 2.32. The molecule has 1 aliphatic carbocycles. The molecule has 1 aromatic carbocycles. The van der Waals surface area contributed by atoms with E-state index in [0.29, 0.717) is 16.6 Å². The molecular weight excluding hydrogens is 358 g/mol. The number of carbonyl (C=O) groups excluding carboxylic acids is 1. The van der Waals surface area contributed by atoms with Crippen LogP contribution in [-0.2, 0) is 22.9 Å². The summed E-state index contributed by atoms with van der Waals surface area (Å²) in [6.07, 6.45) is 3.06. The number of hydrogen-bond donors (Lipinski definition) is 1. The highest BCUT2D eigenvalue weighted by Gasteiger charge is 2.22. The van der Waals surface area contributed by atoms with Crippen LogP contribution in [0.5, 0.6) is 0 Å². The molecule has 1 aliphatic rings. The standard InChI is InChI=1S/C17H21N3O3S2/c1-11-7-8-14-15(9-11)24-17(18-14)19-16(21)12-5-4-6-13(10-12)25(22,23)20(2)3/h4-6,10-11H,7-9H2,1-3H3,(H,18,19,21)/t11-/m1/s1. The number of thiazole rings is 1. The van der Waals surface area contributed by atoms with Gasteiger partial charge in [-0.15, -0.1) is 11.3 Å². The van der Waals surface area contributed by atoms with Crippen molar-refractivity contribution in [2.45, 2.75) is 31.1 Å². The lowest BCUT2D eigenvalue weighted by molar-refractivity contribution is 0.102. The molecule has 3 rings (SSSR count). The molecule has 1 aromatic heterocycles. The molecule has 1 amide bonds. The second-order valence-corrected chi connectivity index (χ2v) is 9.74. The molecule has 25 heavy (non-hydrogen) atoms. The Morgan fingerprint density at radius 1 is 1.36 bits per heavy atom. The number of rotatable bonds is 4. The Balaban J connectivity index is 1.81. The van der Waals surface area contributed by atoms with Crippen LogP contribution >= 0.6 is 11.3 Å². The van der Waals surface area contributed by atoms with Crippen molar-refractivity contribution in [2.24, 2.45) is 5.92 Å². The van der Waals surface area contributed by atoms with Crippen LogP contribution in [0.25, 0.3) is 0 Å². The maximum atomic E-state index is 12.5. The molecule has 0 spiro atoms. The third-order valence-electron chi connectivity index (χ3n) is 4.28. The molecule has 0 fully saturated rings. The first kappa shape index (κ1) is 18.0. The van der Waals surface area contributed by atoms with Gasteiger partial charge in [0, 0.05) is 24.5 Å². The molecule has 1 N–H and O–H groups in total. The zero-order chi connectivity index (χ0) is 18.2. The van der Waals surface area contributed by atoms with E-state index in [9.17, 15) is 13.2 Å². The predicted octanol–water partition coefficient (Wildman–Crippen LogP) is 2.77. The number of hydrogen-bond acceptors (Lipinski definition) is 5. The minimum absolute atomic E-state index is 0.0948. The Kier molecular flexibility index (Phi) is 4.95. The zero-order valence-corrected chi connectivity index (χ0v) is 16.1. The molecule has 0 radical (unpaired) electrons. The third-order valence-corrected chi connectivity index (χ3v) is 7.13. The van der Waals surface area contributed by atoms with E-state index >= 15 is 0 Å². The predicted molar refractivity (Wildman–Crippen MR) is 98.6 cm³/mol. The summed E-state index contributed by atoms with van der Waals surface area (Å²) in [7, 11) is -0.651. The summed E-state index contributed by atoms with van der Waals surface area (Å²) in [6.45, 7) is 2.22. The van der Waals surface area contributed by atoms with E-state index in [4.69, 9.17) is 0 Å². The molecular formula is C17H21N3O3S2. The van der Waals surface area contributed by atoms with Gasteiger partial charge in [-0.3, -0.25) is 10.1 Å². The summed E-state index contributed by atoms with van der Waals surface area (Å²) >= 11 is 1.51. The Labute approximate surface area is 151 Å². The van der Waals surface area contributed by atoms with Gasteiger partial charge in [-0.1, -0.05) is 13.0 Å². The molecule has 0 bridgehead atoms. The van der Waals surface area contributed by atoms with Gasteiger partial charge in [0.2, 0.25) is 10.0 Å². The Hall–Kier alpha value is -1.77. The normalized spacial score (nSPS) is 17.4. The minimum atomic E-state index is -3.57. The summed E-state index contributed by atoms with van der Waals surface area (Å²) in [5.41, 5.74) is 1.37. The van der Waals surface area contributed by atoms with Crippen LogP contribution in [0, 0.1) is 5.92 Å². The van der Waals surface area contributed by atoms with Crippen molar-refractivity contribution in [1.29, 1.82) is 0 Å². The molecule has 0 saturated carbocycles. The van der Waals surface area contributed by atoms with Gasteiger partial charge < -0.3 is 0 Å². The molecule has 1 heterocycles. The molecule has 1 atom stereocenters. The third kappa shape index (κ3) is 3.75. The number of anilines is 1. The van der Waals surface area contributed by atoms with Crippen LogP contribution in [-0.4, -0.2) is 37.7 Å². The van der Waals surface area contributed by atoms with Crippen molar-refractivity contribution in [3.05, 3.63) is 40.4 Å². The number of nitrogens with zero attached hydrogens (tertiary/aromatic N) is 2. The van der Waals surface area contributed by atoms with Crippen LogP contribution in [0.15, 0.2) is 29.2 Å². The van der Waals surface area contributed by atoms with Crippen molar-refractivity contribution in [1.82, 2.24) is 9.29 Å². The molecule has 8 heteroatoms. The van der Waals surface area contributed by atoms with E-state index in [1.165, 1.54) is 42.4 Å². The first-order valence-electron chi connectivity index (χ1n) is 8.10. The lowest BCUT2D eigenvalue weighted by Crippen LogP contribution is -2.22. The summed E-state index contributed by atoms with van der Waals surface area (Å²) in [4.78, 5) is 18.3. The van der Waals surface area contributed by atoms with Gasteiger partial charge in [0.15, 0.2) is 5.13 Å². The lowest BCUT2D eigenvalue weighted by Gasteiger charge is -2.15. The lowest BCUT2D eigenvalue weighted by atomic mass is 9.93. The SMILES string of the molecule is C[C@@H]1CCc2nc(NC(=O)c3cccc(S(=O)(=O)N(C)C)c3)sc2C1. The summed E-state index contributed by atoms with van der Waals surface area (Å²) in [5.74, 6) is 0.291. The van der Waals surface area contributed by atoms with Crippen molar-refractivity contribution in [2.75, 3.05) is 19.4 Å². The first-order chi connectivity index (χ1) is 11.8. The second kappa shape index (κ2) is 6.86. The van der Waals surface area contributed by atoms with Gasteiger partial charge in [0.05, 0.1) is 10.6 Å². The van der Waals surface area contributed by atoms with E-state index in [0.717, 1.165) is 29.3 Å². The van der Waals surface area contributed by atoms with Crippen LogP contribution < -0.4 is 5.32 Å². The molecule has 6 nitrogen and oxygen atoms in total. The average molecular weight is 380 g/mol. The number of amides is 1. The van der Waals surface area contributed by atoms with Crippen molar-refractivity contribution in [3.63, 3.8) is 0 Å². The van der Waals surface area contributed by atoms with Crippen LogP contribution in [0.2, 0.25) is 0 Å². The fourth-order valence-electron chi connectivity index (χ4n) is 2.77. The number of carbonyl (C=O) groups is 1. The maximum absolute atomic E-state index is 12.5. The van der Waals surface area contributed by atoms with E-state index in [1.54, 1.807) is 12.1 Å².